The van der Waals surface area contributed by atoms with E-state index in [1.165, 1.54) is 0 Å². The zero-order valence-corrected chi connectivity index (χ0v) is 9.27. The van der Waals surface area contributed by atoms with Crippen LogP contribution in [0, 0.1) is 5.92 Å². The number of fused-ring (bicyclic) bond motifs is 1. The van der Waals surface area contributed by atoms with Crippen LogP contribution in [0.1, 0.15) is 25.1 Å². The van der Waals surface area contributed by atoms with Gasteiger partial charge in [-0.05, 0) is 18.4 Å². The zero-order valence-electron chi connectivity index (χ0n) is 9.27. The second kappa shape index (κ2) is 4.03. The van der Waals surface area contributed by atoms with Crippen LogP contribution < -0.4 is 5.73 Å². The number of pyridine rings is 1. The van der Waals surface area contributed by atoms with E-state index in [4.69, 9.17) is 5.73 Å². The molecule has 0 atom stereocenters. The molecular weight excluding hydrogens is 186 g/mol. The first kappa shape index (κ1) is 10.2. The molecule has 15 heavy (non-hydrogen) atoms. The van der Waals surface area contributed by atoms with Crippen LogP contribution >= 0.6 is 0 Å². The fourth-order valence-corrected chi connectivity index (χ4v) is 1.80. The summed E-state index contributed by atoms with van der Waals surface area (Å²) in [6, 6.07) is 4.04. The van der Waals surface area contributed by atoms with Gasteiger partial charge in [-0.15, -0.1) is 0 Å². The fourth-order valence-electron chi connectivity index (χ4n) is 1.80. The zero-order chi connectivity index (χ0) is 10.8. The minimum absolute atomic E-state index is 0.544. The van der Waals surface area contributed by atoms with Gasteiger partial charge in [-0.2, -0.15) is 0 Å². The first-order valence-corrected chi connectivity index (χ1v) is 5.36. The number of nitrogens with two attached hydrogens (primary N) is 1. The second-order valence-corrected chi connectivity index (χ2v) is 4.30. The number of nitrogens with zero attached hydrogens (tertiary/aromatic N) is 2. The third-order valence-corrected chi connectivity index (χ3v) is 2.45. The van der Waals surface area contributed by atoms with E-state index in [0.717, 1.165) is 23.3 Å². The SMILES string of the molecule is CC(C)Cc1cn2cccc(CN)c2n1. The number of imidazole rings is 1. The summed E-state index contributed by atoms with van der Waals surface area (Å²) in [5.74, 6) is 0.635. The van der Waals surface area contributed by atoms with Gasteiger partial charge in [-0.1, -0.05) is 19.9 Å². The highest BCUT2D eigenvalue weighted by atomic mass is 15.0. The predicted molar refractivity (Wildman–Crippen MR) is 61.6 cm³/mol. The third kappa shape index (κ3) is 2.02. The summed E-state index contributed by atoms with van der Waals surface area (Å²) in [4.78, 5) is 4.61. The predicted octanol–water partition coefficient (Wildman–Crippen LogP) is 1.99. The van der Waals surface area contributed by atoms with E-state index in [1.807, 2.05) is 18.3 Å². The molecule has 0 bridgehead atoms. The lowest BCUT2D eigenvalue weighted by atomic mass is 10.1. The van der Waals surface area contributed by atoms with Gasteiger partial charge < -0.3 is 10.1 Å². The van der Waals surface area contributed by atoms with Crippen molar-refractivity contribution in [2.24, 2.45) is 11.7 Å². The van der Waals surface area contributed by atoms with Crippen molar-refractivity contribution < 1.29 is 0 Å². The van der Waals surface area contributed by atoms with Crippen molar-refractivity contribution in [2.45, 2.75) is 26.8 Å². The molecule has 0 amide bonds. The Morgan fingerprint density at radius 3 is 2.93 bits per heavy atom. The van der Waals surface area contributed by atoms with Gasteiger partial charge in [0.2, 0.25) is 0 Å². The number of rotatable bonds is 3. The number of hydrogen-bond acceptors (Lipinski definition) is 2. The lowest BCUT2D eigenvalue weighted by Crippen LogP contribution is -1.99. The molecule has 2 rings (SSSR count). The summed E-state index contributed by atoms with van der Waals surface area (Å²) in [5, 5.41) is 0. The topological polar surface area (TPSA) is 43.3 Å². The molecule has 0 saturated carbocycles. The highest BCUT2D eigenvalue weighted by molar-refractivity contribution is 5.48. The molecule has 0 unspecified atom stereocenters. The molecule has 0 fully saturated rings. The number of hydrogen-bond donors (Lipinski definition) is 1. The van der Waals surface area contributed by atoms with E-state index in [0.29, 0.717) is 12.5 Å². The van der Waals surface area contributed by atoms with Gasteiger partial charge >= 0.3 is 0 Å². The molecule has 2 heterocycles. The van der Waals surface area contributed by atoms with E-state index in [9.17, 15) is 0 Å². The molecule has 0 spiro atoms. The Hall–Kier alpha value is -1.35. The van der Waals surface area contributed by atoms with E-state index in [1.54, 1.807) is 0 Å². The van der Waals surface area contributed by atoms with Crippen LogP contribution in [0.2, 0.25) is 0 Å². The summed E-state index contributed by atoms with van der Waals surface area (Å²) in [5.41, 5.74) is 8.92. The van der Waals surface area contributed by atoms with Crippen LogP contribution in [0.3, 0.4) is 0 Å². The van der Waals surface area contributed by atoms with Gasteiger partial charge in [0, 0.05) is 24.5 Å². The van der Waals surface area contributed by atoms with Crippen LogP contribution in [0.25, 0.3) is 5.65 Å². The maximum atomic E-state index is 5.67. The van der Waals surface area contributed by atoms with Gasteiger partial charge in [0.05, 0.1) is 5.69 Å². The van der Waals surface area contributed by atoms with Crippen molar-refractivity contribution in [3.05, 3.63) is 35.8 Å². The van der Waals surface area contributed by atoms with Gasteiger partial charge in [-0.3, -0.25) is 0 Å². The summed E-state index contributed by atoms with van der Waals surface area (Å²) in [7, 11) is 0. The standard InChI is InChI=1S/C12H17N3/c1-9(2)6-11-8-15-5-3-4-10(7-13)12(15)14-11/h3-5,8-9H,6-7,13H2,1-2H3. The highest BCUT2D eigenvalue weighted by Gasteiger charge is 2.06. The average molecular weight is 203 g/mol. The van der Waals surface area contributed by atoms with Crippen LogP contribution in [0.15, 0.2) is 24.5 Å². The molecular formula is C12H17N3. The van der Waals surface area contributed by atoms with Gasteiger partial charge in [-0.25, -0.2) is 4.98 Å². The highest BCUT2D eigenvalue weighted by Crippen LogP contribution is 2.13. The van der Waals surface area contributed by atoms with Crippen LogP contribution in [0.5, 0.6) is 0 Å². The molecule has 2 aromatic rings. The van der Waals surface area contributed by atoms with Gasteiger partial charge in [0.1, 0.15) is 5.65 Å². The Bertz CT molecular complexity index is 457. The molecule has 2 aromatic heterocycles. The molecule has 0 aliphatic carbocycles. The Morgan fingerprint density at radius 1 is 1.47 bits per heavy atom. The summed E-state index contributed by atoms with van der Waals surface area (Å²) in [6.45, 7) is 4.95. The molecule has 0 aromatic carbocycles. The molecule has 0 aliphatic rings. The van der Waals surface area contributed by atoms with Gasteiger partial charge in [0.25, 0.3) is 0 Å². The molecule has 2 N–H and O–H groups in total. The first-order chi connectivity index (χ1) is 7.20. The molecule has 0 saturated heterocycles. The van der Waals surface area contributed by atoms with Crippen LogP contribution in [-0.4, -0.2) is 9.38 Å². The minimum atomic E-state index is 0.544. The quantitative estimate of drug-likeness (QED) is 0.829. The normalized spacial score (nSPS) is 11.5. The summed E-state index contributed by atoms with van der Waals surface area (Å²) in [6.07, 6.45) is 5.13. The van der Waals surface area contributed by atoms with Crippen molar-refractivity contribution in [1.29, 1.82) is 0 Å². The molecule has 0 radical (unpaired) electrons. The van der Waals surface area contributed by atoms with Crippen LogP contribution in [0.4, 0.5) is 0 Å². The van der Waals surface area contributed by atoms with Crippen molar-refractivity contribution in [1.82, 2.24) is 9.38 Å². The second-order valence-electron chi connectivity index (χ2n) is 4.30. The van der Waals surface area contributed by atoms with Gasteiger partial charge in [0.15, 0.2) is 0 Å². The van der Waals surface area contributed by atoms with E-state index < -0.39 is 0 Å². The molecule has 80 valence electrons. The van der Waals surface area contributed by atoms with Crippen molar-refractivity contribution in [3.63, 3.8) is 0 Å². The molecule has 3 nitrogen and oxygen atoms in total. The lowest BCUT2D eigenvalue weighted by molar-refractivity contribution is 0.638. The van der Waals surface area contributed by atoms with E-state index in [2.05, 4.69) is 29.4 Å². The van der Waals surface area contributed by atoms with Crippen LogP contribution in [-0.2, 0) is 13.0 Å². The summed E-state index contributed by atoms with van der Waals surface area (Å²) >= 11 is 0. The molecule has 0 aliphatic heterocycles. The maximum Gasteiger partial charge on any atom is 0.141 e. The van der Waals surface area contributed by atoms with E-state index >= 15 is 0 Å². The molecule has 3 heteroatoms. The first-order valence-electron chi connectivity index (χ1n) is 5.36. The van der Waals surface area contributed by atoms with E-state index in [-0.39, 0.29) is 0 Å². The smallest absolute Gasteiger partial charge is 0.141 e. The Morgan fingerprint density at radius 2 is 2.27 bits per heavy atom. The largest absolute Gasteiger partial charge is 0.326 e. The lowest BCUT2D eigenvalue weighted by Gasteiger charge is -1.98. The van der Waals surface area contributed by atoms with Crippen molar-refractivity contribution in [2.75, 3.05) is 0 Å². The maximum absolute atomic E-state index is 5.67. The Labute approximate surface area is 89.9 Å². The average Bonchev–Trinajstić information content (AvgIpc) is 2.58. The minimum Gasteiger partial charge on any atom is -0.326 e. The Balaban J connectivity index is 2.45. The number of aromatic nitrogens is 2. The third-order valence-electron chi connectivity index (χ3n) is 2.45. The van der Waals surface area contributed by atoms with Crippen molar-refractivity contribution >= 4 is 5.65 Å². The fraction of sp³-hybridized carbons (Fsp3) is 0.417. The monoisotopic (exact) mass is 203 g/mol. The van der Waals surface area contributed by atoms with Crippen molar-refractivity contribution in [3.8, 4) is 0 Å². The summed E-state index contributed by atoms with van der Waals surface area (Å²) < 4.78 is 2.06. The Kier molecular flexibility index (Phi) is 2.73.